The molecule has 2 aliphatic rings. The van der Waals surface area contributed by atoms with Crippen LogP contribution in [0.25, 0.3) is 0 Å². The molecule has 1 fully saturated rings. The fourth-order valence-electron chi connectivity index (χ4n) is 2.59. The molecule has 2 aliphatic heterocycles. The van der Waals surface area contributed by atoms with Gasteiger partial charge in [-0.25, -0.2) is 0 Å². The van der Waals surface area contributed by atoms with Gasteiger partial charge in [-0.1, -0.05) is 12.1 Å². The lowest BCUT2D eigenvalue weighted by Crippen LogP contribution is -2.41. The normalized spacial score (nSPS) is 22.9. The maximum atomic E-state index is 12.3. The second-order valence-corrected chi connectivity index (χ2v) is 6.45. The maximum absolute atomic E-state index is 12.3. The molecule has 0 aromatic heterocycles. The van der Waals surface area contributed by atoms with Crippen LogP contribution in [-0.2, 0) is 9.31 Å². The zero-order valence-electron chi connectivity index (χ0n) is 12.7. The smallest absolute Gasteiger partial charge is 0.402 e. The summed E-state index contributed by atoms with van der Waals surface area (Å²) >= 11 is 0. The second-order valence-electron chi connectivity index (χ2n) is 6.45. The molecule has 3 rings (SSSR count). The van der Waals surface area contributed by atoms with Gasteiger partial charge in [-0.2, -0.15) is 0 Å². The summed E-state index contributed by atoms with van der Waals surface area (Å²) in [5.74, 6) is -0.573. The molecule has 0 saturated carbocycles. The van der Waals surface area contributed by atoms with E-state index in [1.165, 1.54) is 4.90 Å². The number of imide groups is 1. The average molecular weight is 287 g/mol. The van der Waals surface area contributed by atoms with Gasteiger partial charge >= 0.3 is 7.12 Å². The first-order valence-electron chi connectivity index (χ1n) is 7.04. The van der Waals surface area contributed by atoms with E-state index in [-0.39, 0.29) is 18.3 Å². The van der Waals surface area contributed by atoms with E-state index in [1.807, 2.05) is 27.7 Å². The molecule has 21 heavy (non-hydrogen) atoms. The van der Waals surface area contributed by atoms with Gasteiger partial charge in [0, 0.05) is 0 Å². The minimum Gasteiger partial charge on any atom is -0.402 e. The van der Waals surface area contributed by atoms with Gasteiger partial charge in [0.05, 0.1) is 28.8 Å². The number of nitrogens with zero attached hydrogens (tertiary/aromatic N) is 1. The van der Waals surface area contributed by atoms with E-state index >= 15 is 0 Å². The van der Waals surface area contributed by atoms with Gasteiger partial charge in [-0.3, -0.25) is 14.5 Å². The van der Waals surface area contributed by atoms with Crippen molar-refractivity contribution >= 4 is 18.9 Å². The van der Waals surface area contributed by atoms with Crippen LogP contribution in [0, 0.1) is 0 Å². The Balaban J connectivity index is 1.80. The molecular weight excluding hydrogens is 269 g/mol. The molecular formula is C15H18BNO4. The summed E-state index contributed by atoms with van der Waals surface area (Å²) in [6, 6.07) is 6.84. The molecule has 0 atom stereocenters. The van der Waals surface area contributed by atoms with Crippen molar-refractivity contribution in [3.8, 4) is 0 Å². The van der Waals surface area contributed by atoms with Crippen molar-refractivity contribution in [2.24, 2.45) is 0 Å². The highest BCUT2D eigenvalue weighted by atomic mass is 16.7. The molecule has 0 bridgehead atoms. The lowest BCUT2D eigenvalue weighted by molar-refractivity contribution is 0.00578. The van der Waals surface area contributed by atoms with Crippen LogP contribution in [0.1, 0.15) is 48.4 Å². The molecule has 1 saturated heterocycles. The average Bonchev–Trinajstić information content (AvgIpc) is 2.75. The number of hydrogen-bond acceptors (Lipinski definition) is 4. The molecule has 0 spiro atoms. The van der Waals surface area contributed by atoms with E-state index in [2.05, 4.69) is 0 Å². The largest absolute Gasteiger partial charge is 0.479 e. The first-order chi connectivity index (χ1) is 9.73. The third-order valence-electron chi connectivity index (χ3n) is 4.51. The minimum absolute atomic E-state index is 0.110. The Labute approximate surface area is 124 Å². The van der Waals surface area contributed by atoms with E-state index in [4.69, 9.17) is 9.31 Å². The molecule has 1 aromatic rings. The van der Waals surface area contributed by atoms with Gasteiger partial charge in [0.1, 0.15) is 0 Å². The maximum Gasteiger partial charge on any atom is 0.479 e. The first kappa shape index (κ1) is 14.3. The number of carbonyl (C=O) groups is 2. The van der Waals surface area contributed by atoms with Crippen LogP contribution in [0.5, 0.6) is 0 Å². The number of hydrogen-bond donors (Lipinski definition) is 0. The van der Waals surface area contributed by atoms with Gasteiger partial charge in [0.2, 0.25) is 0 Å². The highest BCUT2D eigenvalue weighted by Gasteiger charge is 2.52. The lowest BCUT2D eigenvalue weighted by Gasteiger charge is -2.32. The molecule has 0 radical (unpaired) electrons. The predicted molar refractivity (Wildman–Crippen MR) is 77.9 cm³/mol. The van der Waals surface area contributed by atoms with Crippen LogP contribution in [0.4, 0.5) is 0 Å². The minimum atomic E-state index is -0.600. The predicted octanol–water partition coefficient (Wildman–Crippen LogP) is 1.91. The van der Waals surface area contributed by atoms with E-state index in [0.717, 1.165) is 0 Å². The topological polar surface area (TPSA) is 55.8 Å². The summed E-state index contributed by atoms with van der Waals surface area (Å²) in [6.45, 7) is 7.76. The number of rotatable bonds is 2. The molecule has 1 aromatic carbocycles. The van der Waals surface area contributed by atoms with Gasteiger partial charge in [0.25, 0.3) is 11.8 Å². The summed E-state index contributed by atoms with van der Waals surface area (Å²) in [6.07, 6.45) is 0.110. The molecule has 6 heteroatoms. The zero-order chi connectivity index (χ0) is 15.4. The Hall–Kier alpha value is -1.66. The summed E-state index contributed by atoms with van der Waals surface area (Å²) in [4.78, 5) is 25.8. The highest BCUT2D eigenvalue weighted by molar-refractivity contribution is 6.47. The Kier molecular flexibility index (Phi) is 3.01. The molecule has 0 aliphatic carbocycles. The number of fused-ring (bicyclic) bond motifs is 1. The summed E-state index contributed by atoms with van der Waals surface area (Å²) in [5, 5.41) is 0. The fourth-order valence-corrected chi connectivity index (χ4v) is 2.59. The van der Waals surface area contributed by atoms with Crippen molar-refractivity contribution in [2.75, 3.05) is 6.44 Å². The summed E-state index contributed by atoms with van der Waals surface area (Å²) < 4.78 is 11.7. The Morgan fingerprint density at radius 3 is 1.81 bits per heavy atom. The van der Waals surface area contributed by atoms with Crippen LogP contribution < -0.4 is 0 Å². The van der Waals surface area contributed by atoms with Crippen LogP contribution >= 0.6 is 0 Å². The van der Waals surface area contributed by atoms with Gasteiger partial charge in [-0.15, -0.1) is 0 Å². The molecule has 0 N–H and O–H groups in total. The Bertz CT molecular complexity index is 575. The third kappa shape index (κ3) is 2.10. The summed E-state index contributed by atoms with van der Waals surface area (Å²) in [7, 11) is -0.600. The standard InChI is InChI=1S/C15H18BNO4/c1-14(2)15(3,4)21-16(20-14)9-17-12(18)10-7-5-6-8-11(10)13(17)19/h5-8H,9H2,1-4H3. The Morgan fingerprint density at radius 1 is 0.952 bits per heavy atom. The van der Waals surface area contributed by atoms with E-state index < -0.39 is 18.3 Å². The van der Waals surface area contributed by atoms with Crippen LogP contribution in [0.15, 0.2) is 24.3 Å². The van der Waals surface area contributed by atoms with Crippen molar-refractivity contribution in [1.82, 2.24) is 4.90 Å². The van der Waals surface area contributed by atoms with Crippen molar-refractivity contribution < 1.29 is 18.9 Å². The molecule has 5 nitrogen and oxygen atoms in total. The number of benzene rings is 1. The van der Waals surface area contributed by atoms with Crippen LogP contribution in [0.2, 0.25) is 0 Å². The van der Waals surface area contributed by atoms with Crippen molar-refractivity contribution in [3.63, 3.8) is 0 Å². The summed E-state index contributed by atoms with van der Waals surface area (Å²) in [5.41, 5.74) is -0.0646. The van der Waals surface area contributed by atoms with E-state index in [0.29, 0.717) is 11.1 Å². The molecule has 2 amide bonds. The lowest BCUT2D eigenvalue weighted by atomic mass is 9.89. The molecule has 2 heterocycles. The van der Waals surface area contributed by atoms with Gasteiger partial charge in [0.15, 0.2) is 0 Å². The van der Waals surface area contributed by atoms with E-state index in [1.54, 1.807) is 24.3 Å². The van der Waals surface area contributed by atoms with Gasteiger partial charge in [-0.05, 0) is 39.8 Å². The Morgan fingerprint density at radius 2 is 1.38 bits per heavy atom. The van der Waals surface area contributed by atoms with Crippen molar-refractivity contribution in [2.45, 2.75) is 38.9 Å². The number of amides is 2. The van der Waals surface area contributed by atoms with Crippen LogP contribution in [-0.4, -0.2) is 41.5 Å². The van der Waals surface area contributed by atoms with Crippen molar-refractivity contribution in [3.05, 3.63) is 35.4 Å². The monoisotopic (exact) mass is 287 g/mol. The molecule has 110 valence electrons. The quantitative estimate of drug-likeness (QED) is 0.616. The second kappa shape index (κ2) is 4.42. The van der Waals surface area contributed by atoms with Crippen LogP contribution in [0.3, 0.4) is 0 Å². The van der Waals surface area contributed by atoms with Crippen molar-refractivity contribution in [1.29, 1.82) is 0 Å². The van der Waals surface area contributed by atoms with Gasteiger partial charge < -0.3 is 9.31 Å². The zero-order valence-corrected chi connectivity index (χ0v) is 12.7. The van der Waals surface area contributed by atoms with E-state index in [9.17, 15) is 9.59 Å². The first-order valence-corrected chi connectivity index (χ1v) is 7.04. The number of carbonyl (C=O) groups excluding carboxylic acids is 2. The molecule has 0 unspecified atom stereocenters. The highest BCUT2D eigenvalue weighted by Crippen LogP contribution is 2.37. The third-order valence-corrected chi connectivity index (χ3v) is 4.51. The SMILES string of the molecule is CC1(C)OB(CN2C(=O)c3ccccc3C2=O)OC1(C)C. The fraction of sp³-hybridized carbons (Fsp3) is 0.467.